The molecule has 5 heteroatoms. The maximum absolute atomic E-state index is 11.4. The molecule has 2 unspecified atom stereocenters. The van der Waals surface area contributed by atoms with Crippen molar-refractivity contribution in [1.29, 1.82) is 0 Å². The van der Waals surface area contributed by atoms with E-state index in [-0.39, 0.29) is 17.4 Å². The molecule has 0 bridgehead atoms. The molecule has 0 aliphatic carbocycles. The number of aromatic nitrogens is 1. The van der Waals surface area contributed by atoms with Crippen LogP contribution < -0.4 is 0 Å². The Morgan fingerprint density at radius 2 is 1.94 bits per heavy atom. The highest BCUT2D eigenvalue weighted by atomic mass is 32.2. The second kappa shape index (κ2) is 4.14. The van der Waals surface area contributed by atoms with Crippen molar-refractivity contribution >= 4 is 9.84 Å². The van der Waals surface area contributed by atoms with E-state index < -0.39 is 15.9 Å². The number of nitrogens with one attached hydrogen (secondary N) is 1. The third-order valence-electron chi connectivity index (χ3n) is 3.86. The summed E-state index contributed by atoms with van der Waals surface area (Å²) in [7, 11) is -2.94. The van der Waals surface area contributed by atoms with Gasteiger partial charge in [-0.15, -0.1) is 0 Å². The Bertz CT molecular complexity index is 530. The maximum atomic E-state index is 11.4. The minimum Gasteiger partial charge on any atom is -0.387 e. The first kappa shape index (κ1) is 12.6. The van der Waals surface area contributed by atoms with Crippen molar-refractivity contribution in [2.45, 2.75) is 33.3 Å². The molecule has 1 saturated heterocycles. The number of rotatable bonds is 2. The molecule has 96 valence electrons. The van der Waals surface area contributed by atoms with Gasteiger partial charge in [0.05, 0.1) is 17.6 Å². The Labute approximate surface area is 102 Å². The van der Waals surface area contributed by atoms with E-state index in [0.29, 0.717) is 6.42 Å². The fraction of sp³-hybridized carbons (Fsp3) is 0.667. The lowest BCUT2D eigenvalue weighted by Gasteiger charge is -2.16. The predicted molar refractivity (Wildman–Crippen MR) is 66.7 cm³/mol. The van der Waals surface area contributed by atoms with E-state index in [1.54, 1.807) is 0 Å². The van der Waals surface area contributed by atoms with Crippen molar-refractivity contribution in [3.05, 3.63) is 22.5 Å². The van der Waals surface area contributed by atoms with Crippen LogP contribution >= 0.6 is 0 Å². The van der Waals surface area contributed by atoms with Gasteiger partial charge < -0.3 is 10.1 Å². The molecule has 2 N–H and O–H groups in total. The molecule has 4 nitrogen and oxygen atoms in total. The first-order chi connectivity index (χ1) is 7.82. The van der Waals surface area contributed by atoms with Crippen LogP contribution in [0.5, 0.6) is 0 Å². The molecular weight excluding hydrogens is 238 g/mol. The Balaban J connectivity index is 2.26. The van der Waals surface area contributed by atoms with Crippen molar-refractivity contribution in [1.82, 2.24) is 4.98 Å². The fourth-order valence-electron chi connectivity index (χ4n) is 2.48. The second-order valence-electron chi connectivity index (χ2n) is 5.02. The summed E-state index contributed by atoms with van der Waals surface area (Å²) in [6.07, 6.45) is -0.139. The normalized spacial score (nSPS) is 25.1. The number of hydrogen-bond donors (Lipinski definition) is 2. The zero-order chi connectivity index (χ0) is 12.8. The topological polar surface area (TPSA) is 70.2 Å². The number of sulfone groups is 1. The summed E-state index contributed by atoms with van der Waals surface area (Å²) < 4.78 is 22.8. The summed E-state index contributed by atoms with van der Waals surface area (Å²) in [6.45, 7) is 5.92. The molecule has 1 fully saturated rings. The molecule has 1 aliphatic heterocycles. The molecule has 2 atom stereocenters. The smallest absolute Gasteiger partial charge is 0.150 e. The lowest BCUT2D eigenvalue weighted by molar-refractivity contribution is 0.116. The summed E-state index contributed by atoms with van der Waals surface area (Å²) in [5.74, 6) is 0.133. The number of aryl methyl sites for hydroxylation is 1. The number of aromatic amines is 1. The molecule has 0 radical (unpaired) electrons. The SMILES string of the molecule is Cc1[nH]c(C(O)C2CCS(=O)(=O)C2)c(C)c1C. The number of aliphatic hydroxyl groups excluding tert-OH is 1. The molecule has 1 aliphatic rings. The number of hydrogen-bond acceptors (Lipinski definition) is 3. The quantitative estimate of drug-likeness (QED) is 0.841. The Kier molecular flexibility index (Phi) is 3.08. The molecule has 1 aromatic heterocycles. The third kappa shape index (κ3) is 2.26. The second-order valence-corrected chi connectivity index (χ2v) is 7.25. The van der Waals surface area contributed by atoms with Gasteiger partial charge in [-0.05, 0) is 38.3 Å². The van der Waals surface area contributed by atoms with Gasteiger partial charge in [-0.3, -0.25) is 0 Å². The molecule has 17 heavy (non-hydrogen) atoms. The van der Waals surface area contributed by atoms with Crippen LogP contribution in [0.15, 0.2) is 0 Å². The summed E-state index contributed by atoms with van der Waals surface area (Å²) in [6, 6.07) is 0. The molecule has 0 saturated carbocycles. The van der Waals surface area contributed by atoms with E-state index in [4.69, 9.17) is 0 Å². The van der Waals surface area contributed by atoms with Crippen LogP contribution in [0, 0.1) is 26.7 Å². The highest BCUT2D eigenvalue weighted by Gasteiger charge is 2.34. The molecule has 0 spiro atoms. The largest absolute Gasteiger partial charge is 0.387 e. The van der Waals surface area contributed by atoms with Crippen LogP contribution in [0.3, 0.4) is 0 Å². The molecule has 0 aromatic carbocycles. The summed E-state index contributed by atoms with van der Waals surface area (Å²) in [5.41, 5.74) is 4.00. The van der Waals surface area contributed by atoms with Gasteiger partial charge in [0.25, 0.3) is 0 Å². The van der Waals surface area contributed by atoms with Gasteiger partial charge in [-0.2, -0.15) is 0 Å². The van der Waals surface area contributed by atoms with Crippen LogP contribution in [-0.4, -0.2) is 30.0 Å². The average Bonchev–Trinajstić information content (AvgIpc) is 2.73. The van der Waals surface area contributed by atoms with Gasteiger partial charge in [0.2, 0.25) is 0 Å². The van der Waals surface area contributed by atoms with Crippen LogP contribution in [0.4, 0.5) is 0 Å². The standard InChI is InChI=1S/C12H19NO3S/c1-7-8(2)11(13-9(7)3)12(14)10-4-5-17(15,16)6-10/h10,12-14H,4-6H2,1-3H3. The minimum absolute atomic E-state index is 0.102. The van der Waals surface area contributed by atoms with E-state index in [1.165, 1.54) is 0 Å². The van der Waals surface area contributed by atoms with Crippen molar-refractivity contribution in [2.24, 2.45) is 5.92 Å². The van der Waals surface area contributed by atoms with Crippen LogP contribution in [-0.2, 0) is 9.84 Å². The van der Waals surface area contributed by atoms with Crippen molar-refractivity contribution in [2.75, 3.05) is 11.5 Å². The van der Waals surface area contributed by atoms with Gasteiger partial charge >= 0.3 is 0 Å². The van der Waals surface area contributed by atoms with Gasteiger partial charge in [0.1, 0.15) is 0 Å². The zero-order valence-electron chi connectivity index (χ0n) is 10.4. The monoisotopic (exact) mass is 257 g/mol. The summed E-state index contributed by atoms with van der Waals surface area (Å²) >= 11 is 0. The van der Waals surface area contributed by atoms with Crippen LogP contribution in [0.25, 0.3) is 0 Å². The lowest BCUT2D eigenvalue weighted by atomic mass is 9.97. The van der Waals surface area contributed by atoms with Crippen molar-refractivity contribution in [3.8, 4) is 0 Å². The Hall–Kier alpha value is -0.810. The highest BCUT2D eigenvalue weighted by Crippen LogP contribution is 2.33. The maximum Gasteiger partial charge on any atom is 0.150 e. The van der Waals surface area contributed by atoms with E-state index in [2.05, 4.69) is 4.98 Å². The number of H-pyrrole nitrogens is 1. The first-order valence-electron chi connectivity index (χ1n) is 5.86. The van der Waals surface area contributed by atoms with E-state index >= 15 is 0 Å². The first-order valence-corrected chi connectivity index (χ1v) is 7.68. The van der Waals surface area contributed by atoms with Crippen molar-refractivity contribution < 1.29 is 13.5 Å². The average molecular weight is 257 g/mol. The van der Waals surface area contributed by atoms with E-state index in [9.17, 15) is 13.5 Å². The third-order valence-corrected chi connectivity index (χ3v) is 5.65. The highest BCUT2D eigenvalue weighted by molar-refractivity contribution is 7.91. The van der Waals surface area contributed by atoms with Gasteiger partial charge in [0.15, 0.2) is 9.84 Å². The molecule has 0 amide bonds. The van der Waals surface area contributed by atoms with E-state index in [1.807, 2.05) is 20.8 Å². The molecule has 2 heterocycles. The van der Waals surface area contributed by atoms with Crippen LogP contribution in [0.2, 0.25) is 0 Å². The van der Waals surface area contributed by atoms with Gasteiger partial charge in [-0.25, -0.2) is 8.42 Å². The van der Waals surface area contributed by atoms with Gasteiger partial charge in [0, 0.05) is 17.3 Å². The van der Waals surface area contributed by atoms with Gasteiger partial charge in [-0.1, -0.05) is 0 Å². The fourth-order valence-corrected chi connectivity index (χ4v) is 4.31. The minimum atomic E-state index is -2.94. The lowest BCUT2D eigenvalue weighted by Crippen LogP contribution is -2.15. The van der Waals surface area contributed by atoms with E-state index in [0.717, 1.165) is 22.5 Å². The Morgan fingerprint density at radius 3 is 2.35 bits per heavy atom. The predicted octanol–water partition coefficient (Wildman–Crippen LogP) is 1.41. The summed E-state index contributed by atoms with van der Waals surface area (Å²) in [5, 5.41) is 10.3. The molecular formula is C12H19NO3S. The molecule has 1 aromatic rings. The molecule has 2 rings (SSSR count). The number of aliphatic hydroxyl groups is 1. The zero-order valence-corrected chi connectivity index (χ0v) is 11.3. The Morgan fingerprint density at radius 1 is 1.29 bits per heavy atom. The summed E-state index contributed by atoms with van der Waals surface area (Å²) in [4.78, 5) is 3.17. The van der Waals surface area contributed by atoms with Crippen LogP contribution in [0.1, 0.15) is 35.0 Å². The van der Waals surface area contributed by atoms with Crippen molar-refractivity contribution in [3.63, 3.8) is 0 Å².